The van der Waals surface area contributed by atoms with E-state index in [1.165, 1.54) is 4.57 Å². The fraction of sp³-hybridized carbons (Fsp3) is 0.192. The van der Waals surface area contributed by atoms with Crippen molar-refractivity contribution < 1.29 is 14.3 Å². The van der Waals surface area contributed by atoms with E-state index in [0.29, 0.717) is 22.4 Å². The van der Waals surface area contributed by atoms with Crippen molar-refractivity contribution in [2.24, 2.45) is 7.05 Å². The van der Waals surface area contributed by atoms with Gasteiger partial charge in [0.25, 0.3) is 5.56 Å². The van der Waals surface area contributed by atoms with Crippen LogP contribution in [0.2, 0.25) is 0 Å². The van der Waals surface area contributed by atoms with Gasteiger partial charge in [-0.15, -0.1) is 0 Å². The summed E-state index contributed by atoms with van der Waals surface area (Å²) in [6.07, 6.45) is 0.196. The van der Waals surface area contributed by atoms with Crippen LogP contribution in [0.25, 0.3) is 10.9 Å². The monoisotopic (exact) mass is 457 g/mol. The molecule has 0 spiro atoms. The minimum absolute atomic E-state index is 0.165. The van der Waals surface area contributed by atoms with Gasteiger partial charge in [0, 0.05) is 20.0 Å². The fourth-order valence-corrected chi connectivity index (χ4v) is 4.20. The predicted molar refractivity (Wildman–Crippen MR) is 127 cm³/mol. The first-order valence-electron chi connectivity index (χ1n) is 10.9. The number of nitrogens with zero attached hydrogens (tertiary/aromatic N) is 2. The highest BCUT2D eigenvalue weighted by atomic mass is 16.7. The number of rotatable bonds is 6. The molecule has 8 heteroatoms. The van der Waals surface area contributed by atoms with Gasteiger partial charge < -0.3 is 14.8 Å². The van der Waals surface area contributed by atoms with E-state index in [9.17, 15) is 14.4 Å². The lowest BCUT2D eigenvalue weighted by Crippen LogP contribution is -2.47. The fourth-order valence-electron chi connectivity index (χ4n) is 4.20. The molecular weight excluding hydrogens is 434 g/mol. The van der Waals surface area contributed by atoms with Gasteiger partial charge in [-0.25, -0.2) is 9.36 Å². The maximum absolute atomic E-state index is 13.4. The summed E-state index contributed by atoms with van der Waals surface area (Å²) in [7, 11) is 1.60. The molecule has 1 aliphatic heterocycles. The minimum Gasteiger partial charge on any atom is -0.454 e. The van der Waals surface area contributed by atoms with Crippen molar-refractivity contribution in [3.8, 4) is 11.5 Å². The molecule has 0 fully saturated rings. The number of hydrogen-bond acceptors (Lipinski definition) is 5. The number of carbonyl (C=O) groups excluding carboxylic acids is 1. The highest BCUT2D eigenvalue weighted by Crippen LogP contribution is 2.32. The molecule has 1 amide bonds. The quantitative estimate of drug-likeness (QED) is 0.481. The van der Waals surface area contributed by atoms with Crippen LogP contribution < -0.4 is 26.0 Å². The Bertz CT molecular complexity index is 1490. The number of hydrogen-bond donors (Lipinski definition) is 1. The number of para-hydroxylation sites is 1. The van der Waals surface area contributed by atoms with Crippen molar-refractivity contribution in [1.82, 2.24) is 14.5 Å². The second-order valence-electron chi connectivity index (χ2n) is 8.14. The number of aromatic nitrogens is 2. The van der Waals surface area contributed by atoms with Gasteiger partial charge in [-0.05, 0) is 35.4 Å². The van der Waals surface area contributed by atoms with Crippen molar-refractivity contribution in [2.45, 2.75) is 19.0 Å². The third-order valence-electron chi connectivity index (χ3n) is 6.00. The molecule has 5 rings (SSSR count). The molecule has 1 N–H and O–H groups in total. The van der Waals surface area contributed by atoms with E-state index in [1.54, 1.807) is 43.4 Å². The third kappa shape index (κ3) is 3.94. The molecule has 0 radical (unpaired) electrons. The normalized spacial score (nSPS) is 13.1. The van der Waals surface area contributed by atoms with E-state index in [-0.39, 0.29) is 19.8 Å². The Hall–Kier alpha value is -4.33. The molecule has 1 aliphatic rings. The predicted octanol–water partition coefficient (Wildman–Crippen LogP) is 2.53. The van der Waals surface area contributed by atoms with Crippen molar-refractivity contribution in [3.05, 3.63) is 105 Å². The molecule has 8 nitrogen and oxygen atoms in total. The molecule has 3 aromatic carbocycles. The molecule has 0 unspecified atom stereocenters. The summed E-state index contributed by atoms with van der Waals surface area (Å²) in [4.78, 5) is 40.1. The Morgan fingerprint density at radius 2 is 1.68 bits per heavy atom. The molecular formula is C26H23N3O5. The molecule has 34 heavy (non-hydrogen) atoms. The Labute approximate surface area is 195 Å². The lowest BCUT2D eigenvalue weighted by Gasteiger charge is -2.21. The number of benzene rings is 3. The molecule has 4 aromatic rings. The van der Waals surface area contributed by atoms with Gasteiger partial charge in [-0.1, -0.05) is 48.5 Å². The van der Waals surface area contributed by atoms with E-state index in [1.807, 2.05) is 36.4 Å². The summed E-state index contributed by atoms with van der Waals surface area (Å²) in [5.41, 5.74) is 1.15. The maximum atomic E-state index is 13.4. The molecule has 0 saturated heterocycles. The van der Waals surface area contributed by atoms with Crippen LogP contribution in [0.1, 0.15) is 17.2 Å². The second kappa shape index (κ2) is 8.90. The van der Waals surface area contributed by atoms with Gasteiger partial charge in [0.15, 0.2) is 11.5 Å². The zero-order valence-electron chi connectivity index (χ0n) is 18.6. The third-order valence-corrected chi connectivity index (χ3v) is 6.00. The van der Waals surface area contributed by atoms with Gasteiger partial charge in [-0.2, -0.15) is 0 Å². The van der Waals surface area contributed by atoms with Crippen LogP contribution in [-0.4, -0.2) is 21.8 Å². The molecule has 2 heterocycles. The zero-order chi connectivity index (χ0) is 23.7. The first-order chi connectivity index (χ1) is 16.5. The average Bonchev–Trinajstić information content (AvgIpc) is 3.34. The van der Waals surface area contributed by atoms with E-state index in [0.717, 1.165) is 15.7 Å². The van der Waals surface area contributed by atoms with Gasteiger partial charge in [0.05, 0.1) is 10.9 Å². The number of ether oxygens (including phenoxy) is 2. The number of carbonyl (C=O) groups is 1. The van der Waals surface area contributed by atoms with Gasteiger partial charge in [-0.3, -0.25) is 14.2 Å². The van der Waals surface area contributed by atoms with Crippen molar-refractivity contribution in [2.75, 3.05) is 6.79 Å². The van der Waals surface area contributed by atoms with Crippen molar-refractivity contribution in [3.63, 3.8) is 0 Å². The van der Waals surface area contributed by atoms with Crippen molar-refractivity contribution in [1.29, 1.82) is 0 Å². The second-order valence-corrected chi connectivity index (χ2v) is 8.14. The van der Waals surface area contributed by atoms with E-state index >= 15 is 0 Å². The Morgan fingerprint density at radius 1 is 0.941 bits per heavy atom. The average molecular weight is 457 g/mol. The lowest BCUT2D eigenvalue weighted by molar-refractivity contribution is -0.124. The molecule has 0 saturated carbocycles. The molecule has 0 aliphatic carbocycles. The van der Waals surface area contributed by atoms with Crippen LogP contribution in [0, 0.1) is 0 Å². The molecule has 0 bridgehead atoms. The smallest absolute Gasteiger partial charge is 0.331 e. The summed E-state index contributed by atoms with van der Waals surface area (Å²) >= 11 is 0. The van der Waals surface area contributed by atoms with Crippen LogP contribution in [0.4, 0.5) is 0 Å². The maximum Gasteiger partial charge on any atom is 0.331 e. The largest absolute Gasteiger partial charge is 0.454 e. The van der Waals surface area contributed by atoms with Crippen LogP contribution in [0.5, 0.6) is 11.5 Å². The van der Waals surface area contributed by atoms with Crippen LogP contribution >= 0.6 is 0 Å². The topological polar surface area (TPSA) is 91.6 Å². The Kier molecular flexibility index (Phi) is 5.63. The van der Waals surface area contributed by atoms with E-state index < -0.39 is 23.2 Å². The first kappa shape index (κ1) is 21.5. The number of fused-ring (bicyclic) bond motifs is 2. The lowest BCUT2D eigenvalue weighted by atomic mass is 10.0. The minimum atomic E-state index is -1.02. The number of nitrogens with one attached hydrogen (secondary N) is 1. The summed E-state index contributed by atoms with van der Waals surface area (Å²) in [5.74, 6) is 0.853. The Balaban J connectivity index is 1.52. The van der Waals surface area contributed by atoms with Gasteiger partial charge in [0.2, 0.25) is 12.7 Å². The standard InChI is InChI=1S/C26H23N3O5/c1-28-20-10-6-5-9-19(20)25(31)29(26(28)32)21(13-17-7-3-2-4-8-17)24(30)27-15-18-11-12-22-23(14-18)34-16-33-22/h2-12,14,21H,13,15-16H2,1H3,(H,27,30)/t21-/m0/s1. The van der Waals surface area contributed by atoms with E-state index in [2.05, 4.69) is 5.32 Å². The summed E-state index contributed by atoms with van der Waals surface area (Å²) in [6.45, 7) is 0.377. The SMILES string of the molecule is Cn1c(=O)n([C@@H](Cc2ccccc2)C(=O)NCc2ccc3c(c2)OCO3)c(=O)c2ccccc21. The Morgan fingerprint density at radius 3 is 2.50 bits per heavy atom. The highest BCUT2D eigenvalue weighted by Gasteiger charge is 2.26. The van der Waals surface area contributed by atoms with Crippen molar-refractivity contribution >= 4 is 16.8 Å². The first-order valence-corrected chi connectivity index (χ1v) is 10.9. The summed E-state index contributed by atoms with van der Waals surface area (Å²) in [6, 6.07) is 20.6. The van der Waals surface area contributed by atoms with Gasteiger partial charge >= 0.3 is 5.69 Å². The number of aryl methyl sites for hydroxylation is 1. The van der Waals surface area contributed by atoms with Crippen LogP contribution in [0.3, 0.4) is 0 Å². The van der Waals surface area contributed by atoms with Crippen LogP contribution in [0.15, 0.2) is 82.4 Å². The highest BCUT2D eigenvalue weighted by molar-refractivity contribution is 5.82. The van der Waals surface area contributed by atoms with Crippen LogP contribution in [-0.2, 0) is 24.8 Å². The summed E-state index contributed by atoms with van der Waals surface area (Å²) in [5, 5.41) is 3.27. The number of amides is 1. The molecule has 172 valence electrons. The molecule has 1 aromatic heterocycles. The van der Waals surface area contributed by atoms with E-state index in [4.69, 9.17) is 9.47 Å². The summed E-state index contributed by atoms with van der Waals surface area (Å²) < 4.78 is 13.2. The molecule has 1 atom stereocenters. The van der Waals surface area contributed by atoms with Gasteiger partial charge in [0.1, 0.15) is 6.04 Å². The zero-order valence-corrected chi connectivity index (χ0v) is 18.6.